The van der Waals surface area contributed by atoms with Crippen LogP contribution in [0.3, 0.4) is 0 Å². The van der Waals surface area contributed by atoms with E-state index in [0.717, 1.165) is 6.42 Å². The number of hydrogen-bond acceptors (Lipinski definition) is 2. The fourth-order valence-electron chi connectivity index (χ4n) is 5.65. The molecule has 2 heteroatoms. The topological polar surface area (TPSA) is 15.0 Å². The molecule has 3 atom stereocenters. The minimum absolute atomic E-state index is 0.135. The Hall–Kier alpha value is -1.96. The summed E-state index contributed by atoms with van der Waals surface area (Å²) in [6.07, 6.45) is 6.01. The van der Waals surface area contributed by atoms with E-state index in [1.54, 1.807) is 0 Å². The zero-order valence-electron chi connectivity index (χ0n) is 18.3. The molecule has 0 aliphatic carbocycles. The maximum atomic E-state index is 3.87. The molecule has 2 heterocycles. The van der Waals surface area contributed by atoms with E-state index in [0.29, 0.717) is 6.04 Å². The first-order valence-corrected chi connectivity index (χ1v) is 11.2. The molecule has 0 aromatic heterocycles. The van der Waals surface area contributed by atoms with Gasteiger partial charge in [0, 0.05) is 17.6 Å². The lowest BCUT2D eigenvalue weighted by Gasteiger charge is -2.47. The maximum absolute atomic E-state index is 3.87. The molecule has 1 N–H and O–H groups in total. The van der Waals surface area contributed by atoms with Gasteiger partial charge >= 0.3 is 0 Å². The Morgan fingerprint density at radius 1 is 0.964 bits per heavy atom. The Balaban J connectivity index is 1.93. The monoisotopic (exact) mass is 376 g/mol. The molecular formula is C26H36N2. The van der Waals surface area contributed by atoms with E-state index in [4.69, 9.17) is 0 Å². The highest BCUT2D eigenvalue weighted by Crippen LogP contribution is 2.58. The molecule has 2 aliphatic heterocycles. The average molecular weight is 377 g/mol. The molecule has 3 unspecified atom stereocenters. The molecule has 2 aliphatic rings. The third-order valence-electron chi connectivity index (χ3n) is 8.05. The van der Waals surface area contributed by atoms with Crippen LogP contribution >= 0.6 is 0 Å². The van der Waals surface area contributed by atoms with Gasteiger partial charge in [-0.25, -0.2) is 0 Å². The van der Waals surface area contributed by atoms with Gasteiger partial charge < -0.3 is 10.2 Å². The van der Waals surface area contributed by atoms with Crippen LogP contribution in [-0.2, 0) is 11.8 Å². The molecule has 150 valence electrons. The molecule has 2 aromatic rings. The summed E-state index contributed by atoms with van der Waals surface area (Å²) in [5.74, 6) is 0. The highest BCUT2D eigenvalue weighted by atomic mass is 15.3. The summed E-state index contributed by atoms with van der Waals surface area (Å²) in [5, 5.41) is 3.87. The quantitative estimate of drug-likeness (QED) is 0.562. The standard InChI is InChI=1S/C26H36N2/c1-6-9-13-19-14-12-17-22-24(19)28-18-23(28)26(5,8-3)25(4,7-2)20-15-10-11-16-21(20)27-22/h10-12,14-17,23,27H,6-9,13,18H2,1-5H3. The Bertz CT molecular complexity index is 857. The summed E-state index contributed by atoms with van der Waals surface area (Å²) in [5.41, 5.74) is 7.36. The molecule has 2 aromatic carbocycles. The Kier molecular flexibility index (Phi) is 4.93. The summed E-state index contributed by atoms with van der Waals surface area (Å²) >= 11 is 0. The molecule has 0 bridgehead atoms. The van der Waals surface area contributed by atoms with Crippen molar-refractivity contribution in [2.45, 2.75) is 78.2 Å². The lowest BCUT2D eigenvalue weighted by molar-refractivity contribution is 0.140. The molecule has 0 amide bonds. The number of anilines is 3. The third kappa shape index (κ3) is 2.76. The first-order valence-electron chi connectivity index (χ1n) is 11.2. The van der Waals surface area contributed by atoms with Gasteiger partial charge in [-0.1, -0.05) is 71.4 Å². The predicted octanol–water partition coefficient (Wildman–Crippen LogP) is 7.06. The number of rotatable bonds is 5. The van der Waals surface area contributed by atoms with Crippen molar-refractivity contribution in [3.63, 3.8) is 0 Å². The van der Waals surface area contributed by atoms with Gasteiger partial charge in [0.2, 0.25) is 0 Å². The molecule has 28 heavy (non-hydrogen) atoms. The minimum atomic E-state index is 0.135. The van der Waals surface area contributed by atoms with E-state index in [9.17, 15) is 0 Å². The first-order chi connectivity index (χ1) is 13.5. The van der Waals surface area contributed by atoms with Crippen LogP contribution in [0.1, 0.15) is 71.4 Å². The lowest BCUT2D eigenvalue weighted by atomic mass is 9.57. The maximum Gasteiger partial charge on any atom is 0.0642 e. The number of nitrogens with one attached hydrogen (secondary N) is 1. The largest absolute Gasteiger partial charge is 0.362 e. The zero-order valence-corrected chi connectivity index (χ0v) is 18.3. The van der Waals surface area contributed by atoms with Crippen LogP contribution in [0.5, 0.6) is 0 Å². The summed E-state index contributed by atoms with van der Waals surface area (Å²) in [6, 6.07) is 16.5. The Labute approximate surface area is 171 Å². The van der Waals surface area contributed by atoms with Crippen LogP contribution in [0, 0.1) is 5.41 Å². The molecule has 0 spiro atoms. The number of hydrogen-bond donors (Lipinski definition) is 1. The van der Waals surface area contributed by atoms with Crippen LogP contribution in [0.25, 0.3) is 0 Å². The van der Waals surface area contributed by atoms with Gasteiger partial charge in [-0.3, -0.25) is 0 Å². The van der Waals surface area contributed by atoms with E-state index in [-0.39, 0.29) is 10.8 Å². The van der Waals surface area contributed by atoms with Crippen molar-refractivity contribution in [1.29, 1.82) is 0 Å². The summed E-state index contributed by atoms with van der Waals surface area (Å²) in [7, 11) is 0. The third-order valence-corrected chi connectivity index (χ3v) is 8.05. The lowest BCUT2D eigenvalue weighted by Crippen LogP contribution is -2.46. The minimum Gasteiger partial charge on any atom is -0.362 e. The molecule has 1 fully saturated rings. The molecule has 0 saturated carbocycles. The fourth-order valence-corrected chi connectivity index (χ4v) is 5.65. The SMILES string of the molecule is CCCCc1cccc2c1N1CC1C(C)(CC)C(C)(CC)c1ccccc1N2. The average Bonchev–Trinajstić information content (AvgIpc) is 3.51. The molecule has 1 saturated heterocycles. The molecule has 4 rings (SSSR count). The Morgan fingerprint density at radius 3 is 2.43 bits per heavy atom. The molecular weight excluding hydrogens is 340 g/mol. The first kappa shape index (κ1) is 19.4. The van der Waals surface area contributed by atoms with E-state index >= 15 is 0 Å². The summed E-state index contributed by atoms with van der Waals surface area (Å²) < 4.78 is 0. The predicted molar refractivity (Wildman–Crippen MR) is 122 cm³/mol. The highest BCUT2D eigenvalue weighted by Gasteiger charge is 2.58. The number of fused-ring (bicyclic) bond motifs is 4. The van der Waals surface area contributed by atoms with Gasteiger partial charge in [-0.15, -0.1) is 0 Å². The van der Waals surface area contributed by atoms with Crippen molar-refractivity contribution >= 4 is 17.1 Å². The number of unbranched alkanes of at least 4 members (excludes halogenated alkanes) is 1. The van der Waals surface area contributed by atoms with Gasteiger partial charge in [0.25, 0.3) is 0 Å². The second-order valence-electron chi connectivity index (χ2n) is 9.21. The highest BCUT2D eigenvalue weighted by molar-refractivity contribution is 5.82. The van der Waals surface area contributed by atoms with Crippen LogP contribution in [0.2, 0.25) is 0 Å². The molecule has 2 nitrogen and oxygen atoms in total. The number of aryl methyl sites for hydroxylation is 1. The number of benzene rings is 2. The van der Waals surface area contributed by atoms with Gasteiger partial charge in [0.1, 0.15) is 0 Å². The van der Waals surface area contributed by atoms with E-state index in [2.05, 4.69) is 87.3 Å². The van der Waals surface area contributed by atoms with Crippen molar-refractivity contribution in [1.82, 2.24) is 0 Å². The second-order valence-corrected chi connectivity index (χ2v) is 9.21. The van der Waals surface area contributed by atoms with Crippen LogP contribution in [0.4, 0.5) is 17.1 Å². The van der Waals surface area contributed by atoms with Crippen LogP contribution in [-0.4, -0.2) is 12.6 Å². The van der Waals surface area contributed by atoms with E-state index < -0.39 is 0 Å². The van der Waals surface area contributed by atoms with Crippen molar-refractivity contribution in [3.8, 4) is 0 Å². The Morgan fingerprint density at radius 2 is 1.71 bits per heavy atom. The normalized spacial score (nSPS) is 28.2. The van der Waals surface area contributed by atoms with Crippen LogP contribution < -0.4 is 10.2 Å². The van der Waals surface area contributed by atoms with E-state index in [1.165, 1.54) is 60.4 Å². The van der Waals surface area contributed by atoms with Gasteiger partial charge in [-0.05, 0) is 54.4 Å². The van der Waals surface area contributed by atoms with Gasteiger partial charge in [0.15, 0.2) is 0 Å². The zero-order chi connectivity index (χ0) is 19.9. The van der Waals surface area contributed by atoms with E-state index in [1.807, 2.05) is 0 Å². The van der Waals surface area contributed by atoms with Crippen molar-refractivity contribution in [3.05, 3.63) is 53.6 Å². The van der Waals surface area contributed by atoms with Gasteiger partial charge in [0.05, 0.1) is 17.4 Å². The summed E-state index contributed by atoms with van der Waals surface area (Å²) in [6.45, 7) is 13.3. The smallest absolute Gasteiger partial charge is 0.0642 e. The van der Waals surface area contributed by atoms with Crippen molar-refractivity contribution < 1.29 is 0 Å². The van der Waals surface area contributed by atoms with Gasteiger partial charge in [-0.2, -0.15) is 0 Å². The van der Waals surface area contributed by atoms with Crippen molar-refractivity contribution in [2.24, 2.45) is 5.41 Å². The van der Waals surface area contributed by atoms with Crippen molar-refractivity contribution in [2.75, 3.05) is 16.8 Å². The van der Waals surface area contributed by atoms with Crippen LogP contribution in [0.15, 0.2) is 42.5 Å². The summed E-state index contributed by atoms with van der Waals surface area (Å²) in [4.78, 5) is 2.69. The number of para-hydroxylation sites is 2. The number of nitrogens with zero attached hydrogens (tertiary/aromatic N) is 1. The molecule has 0 radical (unpaired) electrons. The fraction of sp³-hybridized carbons (Fsp3) is 0.538. The second kappa shape index (κ2) is 7.13.